The van der Waals surface area contributed by atoms with Crippen LogP contribution in [0.2, 0.25) is 0 Å². The zero-order chi connectivity index (χ0) is 54.5. The number of furan rings is 1. The smallest absolute Gasteiger partial charge is 0.287 e. The minimum atomic E-state index is -0.328. The van der Waals surface area contributed by atoms with Gasteiger partial charge in [-0.1, -0.05) is 206 Å². The third kappa shape index (κ3) is 12.5. The molecule has 0 spiro atoms. The first kappa shape index (κ1) is 56.0. The normalized spacial score (nSPS) is 17.6. The fourth-order valence-electron chi connectivity index (χ4n) is 11.5. The molecule has 0 fully saturated rings. The summed E-state index contributed by atoms with van der Waals surface area (Å²) in [6.45, 7) is 50.1. The Morgan fingerprint density at radius 2 is 1.32 bits per heavy atom. The van der Waals surface area contributed by atoms with E-state index in [1.165, 1.54) is 27.8 Å². The van der Waals surface area contributed by atoms with Crippen molar-refractivity contribution in [1.29, 1.82) is 0 Å². The number of para-hydroxylation sites is 1. The minimum Gasteiger partial charge on any atom is -0.470 e. The van der Waals surface area contributed by atoms with E-state index in [1.807, 2.05) is 36.4 Å². The molecule has 0 aliphatic heterocycles. The monoisotopic (exact) mass is 996 g/mol. The maximum Gasteiger partial charge on any atom is 0.287 e. The Morgan fingerprint density at radius 1 is 0.733 bits per heavy atom. The van der Waals surface area contributed by atoms with E-state index in [4.69, 9.17) is 11.0 Å². The molecule has 5 heteroatoms. The second kappa shape index (κ2) is 22.6. The van der Waals surface area contributed by atoms with Crippen LogP contribution in [-0.4, -0.2) is 19.3 Å². The van der Waals surface area contributed by atoms with E-state index in [1.54, 1.807) is 6.08 Å². The predicted molar refractivity (Wildman–Crippen MR) is 329 cm³/mol. The van der Waals surface area contributed by atoms with Crippen molar-refractivity contribution in [1.82, 2.24) is 5.32 Å². The van der Waals surface area contributed by atoms with Gasteiger partial charge in [-0.25, -0.2) is 0 Å². The largest absolute Gasteiger partial charge is 0.470 e. The van der Waals surface area contributed by atoms with Gasteiger partial charge in [-0.15, -0.1) is 0 Å². The number of anilines is 2. The van der Waals surface area contributed by atoms with Crippen molar-refractivity contribution in [2.45, 2.75) is 143 Å². The summed E-state index contributed by atoms with van der Waals surface area (Å²) in [6.07, 6.45) is 23.3. The molecule has 1 unspecified atom stereocenters. The van der Waals surface area contributed by atoms with Crippen LogP contribution < -0.4 is 26.7 Å². The molecule has 4 aromatic carbocycles. The summed E-state index contributed by atoms with van der Waals surface area (Å²) in [6, 6.07) is 35.1. The van der Waals surface area contributed by atoms with Gasteiger partial charge in [0, 0.05) is 47.2 Å². The molecule has 2 N–H and O–H groups in total. The van der Waals surface area contributed by atoms with Crippen LogP contribution in [0.1, 0.15) is 137 Å². The molecule has 5 aromatic rings. The Balaban J connectivity index is 1.51. The highest BCUT2D eigenvalue weighted by Gasteiger charge is 2.40. The van der Waals surface area contributed by atoms with E-state index in [0.29, 0.717) is 13.0 Å². The molecule has 2 aliphatic carbocycles. The first-order chi connectivity index (χ1) is 35.4. The molecule has 2 aliphatic rings. The van der Waals surface area contributed by atoms with Crippen molar-refractivity contribution in [3.05, 3.63) is 241 Å². The highest BCUT2D eigenvalue weighted by Crippen LogP contribution is 2.48. The highest BCUT2D eigenvalue weighted by molar-refractivity contribution is 6.90. The van der Waals surface area contributed by atoms with Crippen LogP contribution in [0.3, 0.4) is 0 Å². The molecule has 0 bridgehead atoms. The van der Waals surface area contributed by atoms with Gasteiger partial charge in [0.05, 0.1) is 5.66 Å². The van der Waals surface area contributed by atoms with Crippen molar-refractivity contribution >= 4 is 40.2 Å². The number of benzene rings is 4. The number of hydrogen-bond donors (Lipinski definition) is 2. The van der Waals surface area contributed by atoms with Gasteiger partial charge in [0.1, 0.15) is 5.58 Å². The summed E-state index contributed by atoms with van der Waals surface area (Å²) in [5, 5.41) is 9.27. The fraction of sp³-hybridized carbons (Fsp3) is 0.343. The molecule has 1 aromatic heterocycles. The van der Waals surface area contributed by atoms with E-state index in [0.717, 1.165) is 87.2 Å². The van der Waals surface area contributed by atoms with E-state index in [2.05, 4.69) is 234 Å². The maximum atomic E-state index is 7.33. The Labute approximate surface area is 453 Å². The molecular weight excluding hydrogens is 910 g/mol. The molecule has 0 radical (unpaired) electrons. The van der Waals surface area contributed by atoms with E-state index in [9.17, 15) is 0 Å². The van der Waals surface area contributed by atoms with Crippen molar-refractivity contribution in [3.63, 3.8) is 0 Å². The number of rotatable bonds is 20. The number of fused-ring (bicyclic) bond motifs is 3. The van der Waals surface area contributed by atoms with Gasteiger partial charge in [0.2, 0.25) is 0 Å². The molecule has 7 rings (SSSR count). The summed E-state index contributed by atoms with van der Waals surface area (Å²) in [7, 11) is 0. The molecule has 0 amide bonds. The van der Waals surface area contributed by atoms with Crippen LogP contribution in [-0.2, 0) is 21.7 Å². The summed E-state index contributed by atoms with van der Waals surface area (Å²) in [5.41, 5.74) is 16.7. The second-order valence-electron chi connectivity index (χ2n) is 24.7. The molecule has 0 saturated heterocycles. The van der Waals surface area contributed by atoms with Crippen molar-refractivity contribution < 1.29 is 4.42 Å². The van der Waals surface area contributed by atoms with E-state index >= 15 is 0 Å². The average molecular weight is 996 g/mol. The molecule has 75 heavy (non-hydrogen) atoms. The molecule has 4 nitrogen and oxygen atoms in total. The summed E-state index contributed by atoms with van der Waals surface area (Å²) in [5.74, 6) is 0. The van der Waals surface area contributed by atoms with Gasteiger partial charge in [-0.3, -0.25) is 0 Å². The van der Waals surface area contributed by atoms with Crippen LogP contribution in [0.5, 0.6) is 0 Å². The predicted octanol–water partition coefficient (Wildman–Crippen LogP) is 17.1. The van der Waals surface area contributed by atoms with Crippen LogP contribution in [0, 0.1) is 5.41 Å². The Bertz CT molecular complexity index is 3030. The molecule has 390 valence electrons. The van der Waals surface area contributed by atoms with Crippen LogP contribution in [0.25, 0.3) is 11.0 Å². The van der Waals surface area contributed by atoms with E-state index < -0.39 is 0 Å². The first-order valence-electron chi connectivity index (χ1n) is 27.3. The van der Waals surface area contributed by atoms with Crippen LogP contribution >= 0.6 is 0 Å². The first-order valence-corrected chi connectivity index (χ1v) is 27.3. The quantitative estimate of drug-likeness (QED) is 0.0602. The van der Waals surface area contributed by atoms with Gasteiger partial charge in [-0.2, -0.15) is 0 Å². The Morgan fingerprint density at radius 3 is 1.89 bits per heavy atom. The lowest BCUT2D eigenvalue weighted by molar-refractivity contribution is 0.332. The zero-order valence-electron chi connectivity index (χ0n) is 47.7. The van der Waals surface area contributed by atoms with Crippen molar-refractivity contribution in [2.75, 3.05) is 16.8 Å². The lowest BCUT2D eigenvalue weighted by Gasteiger charge is -2.42. The molecule has 0 saturated carbocycles. The van der Waals surface area contributed by atoms with Gasteiger partial charge >= 0.3 is 0 Å². The highest BCUT2D eigenvalue weighted by atomic mass is 16.3. The lowest BCUT2D eigenvalue weighted by atomic mass is 9.37. The van der Waals surface area contributed by atoms with Crippen molar-refractivity contribution in [2.24, 2.45) is 5.41 Å². The molecular formula is C70H86BN3O. The summed E-state index contributed by atoms with van der Waals surface area (Å²) >= 11 is 0. The Kier molecular flexibility index (Phi) is 16.9. The third-order valence-electron chi connectivity index (χ3n) is 16.3. The SMILES string of the molecule is C=C/C=C\C(=C)/C(=C/C(=C\C)C(C)(C)C)CN/C=C(\B(c1ccccc1)c1cc2cc3c(cc2o1)C(C)(C)CCC3(C)C)C(CC(=C)N(/C(C=C)=C/C=C)c1ccccc1)Nc1ccc2c(c1)C(C)(C)CCC2(C)C. The van der Waals surface area contributed by atoms with Gasteiger partial charge in [0.15, 0.2) is 0 Å². The van der Waals surface area contributed by atoms with Gasteiger partial charge in [-0.05, 0) is 165 Å². The third-order valence-corrected chi connectivity index (χ3v) is 16.3. The number of allylic oxidation sites excluding steroid dienone is 9. The van der Waals surface area contributed by atoms with Gasteiger partial charge in [0.25, 0.3) is 6.71 Å². The summed E-state index contributed by atoms with van der Waals surface area (Å²) in [4.78, 5) is 2.21. The van der Waals surface area contributed by atoms with Crippen molar-refractivity contribution in [3.8, 4) is 0 Å². The summed E-state index contributed by atoms with van der Waals surface area (Å²) < 4.78 is 7.33. The maximum absolute atomic E-state index is 7.33. The zero-order valence-corrected chi connectivity index (χ0v) is 47.7. The minimum absolute atomic E-state index is 0.00742. The lowest BCUT2D eigenvalue weighted by Crippen LogP contribution is -2.49. The Hall–Kier alpha value is -6.72. The second-order valence-corrected chi connectivity index (χ2v) is 24.7. The number of nitrogens with zero attached hydrogens (tertiary/aromatic N) is 1. The number of hydrogen-bond acceptors (Lipinski definition) is 4. The topological polar surface area (TPSA) is 40.4 Å². The molecule has 1 heterocycles. The van der Waals surface area contributed by atoms with E-state index in [-0.39, 0.29) is 39.8 Å². The molecule has 1 atom stereocenters. The van der Waals surface area contributed by atoms with Gasteiger partial charge < -0.3 is 20.0 Å². The number of nitrogens with one attached hydrogen (secondary N) is 2. The average Bonchev–Trinajstić information content (AvgIpc) is 3.79. The fourth-order valence-corrected chi connectivity index (χ4v) is 11.5. The standard InChI is InChI=1S/C70H86BN3O/c1-18-22-30-49(5)52(42-53(20-3)66(7,8)9)47-72-48-62(71(54-31-25-23-26-32-54)65-44-51-43-59-61(46-64(51)75-65)70(16,17)40-39-68(59,12)13)63(41-50(6)74(56(21-4)29-19-2)57-33-27-24-28-34-57)73-55-35-36-58-60(45-55)69(14,15)38-37-67(58,10)11/h18-36,42-46,48,63,72-73H,1-2,4-6,37-41,47H2,3,7-17H3/b30-22-,52-42+,53-20+,56-29+,62-48-. The van der Waals surface area contributed by atoms with Crippen LogP contribution in [0.15, 0.2) is 223 Å². The van der Waals surface area contributed by atoms with Crippen LogP contribution in [0.4, 0.5) is 11.4 Å².